The lowest BCUT2D eigenvalue weighted by Gasteiger charge is -2.26. The van der Waals surface area contributed by atoms with E-state index >= 15 is 0 Å². The van der Waals surface area contributed by atoms with E-state index in [1.54, 1.807) is 0 Å². The molecular weight excluding hydrogens is 468 g/mol. The highest BCUT2D eigenvalue weighted by Gasteiger charge is 2.20. The van der Waals surface area contributed by atoms with Gasteiger partial charge in [0.05, 0.1) is 0 Å². The van der Waals surface area contributed by atoms with Crippen molar-refractivity contribution in [1.29, 1.82) is 0 Å². The van der Waals surface area contributed by atoms with Gasteiger partial charge in [0.25, 0.3) is 5.91 Å². The highest BCUT2D eigenvalue weighted by Crippen LogP contribution is 2.33. The van der Waals surface area contributed by atoms with Crippen LogP contribution in [-0.4, -0.2) is 41.4 Å². The minimum Gasteiger partial charge on any atom is -0.456 e. The molecule has 0 spiro atoms. The molecule has 34 heavy (non-hydrogen) atoms. The number of furan rings is 1. The van der Waals surface area contributed by atoms with Crippen molar-refractivity contribution < 1.29 is 9.21 Å². The summed E-state index contributed by atoms with van der Waals surface area (Å²) in [5.41, 5.74) is 3.77. The van der Waals surface area contributed by atoms with Crippen LogP contribution in [0.4, 0.5) is 10.7 Å². The fourth-order valence-corrected chi connectivity index (χ4v) is 5.41. The van der Waals surface area contributed by atoms with Crippen molar-refractivity contribution in [3.05, 3.63) is 64.8 Å². The number of rotatable bonds is 7. The van der Waals surface area contributed by atoms with Crippen LogP contribution in [0.5, 0.6) is 0 Å². The predicted octanol–water partition coefficient (Wildman–Crippen LogP) is 6.67. The lowest BCUT2D eigenvalue weighted by Crippen LogP contribution is -2.33. The molecule has 1 saturated heterocycles. The number of nitrogens with zero attached hydrogens (tertiary/aromatic N) is 2. The largest absolute Gasteiger partial charge is 0.456 e. The van der Waals surface area contributed by atoms with Crippen molar-refractivity contribution in [2.45, 2.75) is 26.2 Å². The van der Waals surface area contributed by atoms with E-state index in [0.717, 1.165) is 59.0 Å². The molecular formula is C26H27ClN4O2S. The average Bonchev–Trinajstić information content (AvgIpc) is 3.43. The summed E-state index contributed by atoms with van der Waals surface area (Å²) in [5, 5.41) is 8.43. The van der Waals surface area contributed by atoms with Gasteiger partial charge in [0.1, 0.15) is 21.4 Å². The molecule has 2 aromatic carbocycles. The minimum absolute atomic E-state index is 0.242. The summed E-state index contributed by atoms with van der Waals surface area (Å²) in [7, 11) is 0. The van der Waals surface area contributed by atoms with Gasteiger partial charge < -0.3 is 20.0 Å². The molecule has 0 radical (unpaired) electrons. The fourth-order valence-electron chi connectivity index (χ4n) is 4.36. The van der Waals surface area contributed by atoms with Crippen LogP contribution in [0.15, 0.2) is 52.9 Å². The van der Waals surface area contributed by atoms with E-state index in [0.29, 0.717) is 10.7 Å². The molecule has 1 aliphatic heterocycles. The highest BCUT2D eigenvalue weighted by molar-refractivity contribution is 7.11. The Bertz CT molecular complexity index is 1280. The number of carbonyl (C=O) groups is 1. The van der Waals surface area contributed by atoms with E-state index in [4.69, 9.17) is 16.0 Å². The summed E-state index contributed by atoms with van der Waals surface area (Å²) < 4.78 is 10.3. The first-order chi connectivity index (χ1) is 16.6. The van der Waals surface area contributed by atoms with Crippen molar-refractivity contribution in [1.82, 2.24) is 9.27 Å². The quantitative estimate of drug-likeness (QED) is 0.300. The third-order valence-electron chi connectivity index (χ3n) is 6.19. The number of fused-ring (bicyclic) bond motifs is 1. The lowest BCUT2D eigenvalue weighted by molar-refractivity contribution is 0.102. The number of likely N-dealkylation sites (tertiary alicyclic amines) is 1. The van der Waals surface area contributed by atoms with Crippen LogP contribution in [-0.2, 0) is 0 Å². The van der Waals surface area contributed by atoms with Gasteiger partial charge in [-0.15, -0.1) is 0 Å². The third kappa shape index (κ3) is 4.97. The van der Waals surface area contributed by atoms with Crippen LogP contribution < -0.4 is 10.6 Å². The normalized spacial score (nSPS) is 14.4. The summed E-state index contributed by atoms with van der Waals surface area (Å²) in [6.45, 7) is 6.05. The van der Waals surface area contributed by atoms with Crippen molar-refractivity contribution in [3.8, 4) is 11.3 Å². The lowest BCUT2D eigenvalue weighted by atomic mass is 10.1. The molecule has 2 N–H and O–H groups in total. The van der Waals surface area contributed by atoms with Gasteiger partial charge in [-0.3, -0.25) is 4.79 Å². The second kappa shape index (κ2) is 10.2. The molecule has 2 aromatic heterocycles. The van der Waals surface area contributed by atoms with Gasteiger partial charge in [-0.25, -0.2) is 0 Å². The Morgan fingerprint density at radius 2 is 1.97 bits per heavy atom. The number of carbonyl (C=O) groups excluding carboxylic acids is 1. The SMILES string of the molecule is Cc1cc(NC(=O)c2nsc(NCCN3CCCCC3)c2Cl)ccc1-c1cc2ccccc2o1. The molecule has 4 aromatic rings. The Labute approximate surface area is 208 Å². The topological polar surface area (TPSA) is 70.4 Å². The molecule has 176 valence electrons. The molecule has 0 bridgehead atoms. The number of aryl methyl sites for hydroxylation is 1. The number of halogens is 1. The summed E-state index contributed by atoms with van der Waals surface area (Å²) in [5.74, 6) is 0.487. The van der Waals surface area contributed by atoms with Crippen LogP contribution >= 0.6 is 23.1 Å². The molecule has 8 heteroatoms. The predicted molar refractivity (Wildman–Crippen MR) is 140 cm³/mol. The molecule has 1 aliphatic rings. The van der Waals surface area contributed by atoms with Crippen LogP contribution in [0.1, 0.15) is 35.3 Å². The number of amides is 1. The average molecular weight is 495 g/mol. The molecule has 5 rings (SSSR count). The molecule has 3 heterocycles. The molecule has 0 unspecified atom stereocenters. The minimum atomic E-state index is -0.318. The fraction of sp³-hybridized carbons (Fsp3) is 0.308. The Morgan fingerprint density at radius 3 is 2.76 bits per heavy atom. The number of anilines is 2. The maximum atomic E-state index is 12.8. The van der Waals surface area contributed by atoms with Crippen LogP contribution in [0, 0.1) is 6.92 Å². The first kappa shape index (κ1) is 22.9. The standard InChI is InChI=1S/C26H27ClN4O2S/c1-17-15-19(9-10-20(17)22-16-18-7-3-4-8-21(18)33-22)29-25(32)24-23(27)26(34-30-24)28-11-14-31-12-5-2-6-13-31/h3-4,7-10,15-16,28H,2,5-6,11-14H2,1H3,(H,29,32). The zero-order valence-corrected chi connectivity index (χ0v) is 20.6. The third-order valence-corrected chi connectivity index (χ3v) is 7.47. The van der Waals surface area contributed by atoms with Gasteiger partial charge in [0.15, 0.2) is 5.69 Å². The first-order valence-corrected chi connectivity index (χ1v) is 12.8. The Morgan fingerprint density at radius 1 is 1.15 bits per heavy atom. The van der Waals surface area contributed by atoms with Gasteiger partial charge in [-0.1, -0.05) is 36.2 Å². The second-order valence-electron chi connectivity index (χ2n) is 8.64. The van der Waals surface area contributed by atoms with Crippen LogP contribution in [0.25, 0.3) is 22.3 Å². The van der Waals surface area contributed by atoms with E-state index in [-0.39, 0.29) is 11.6 Å². The van der Waals surface area contributed by atoms with Crippen molar-refractivity contribution in [2.75, 3.05) is 36.8 Å². The number of hydrogen-bond acceptors (Lipinski definition) is 6. The Kier molecular flexibility index (Phi) is 6.85. The van der Waals surface area contributed by atoms with Gasteiger partial charge in [0.2, 0.25) is 0 Å². The molecule has 1 amide bonds. The molecule has 1 fully saturated rings. The number of aromatic nitrogens is 1. The van der Waals surface area contributed by atoms with E-state index in [1.807, 2.05) is 55.5 Å². The maximum absolute atomic E-state index is 12.8. The number of benzene rings is 2. The van der Waals surface area contributed by atoms with Gasteiger partial charge in [-0.05, 0) is 80.3 Å². The smallest absolute Gasteiger partial charge is 0.277 e. The highest BCUT2D eigenvalue weighted by atomic mass is 35.5. The number of nitrogens with one attached hydrogen (secondary N) is 2. The van der Waals surface area contributed by atoms with E-state index < -0.39 is 0 Å². The van der Waals surface area contributed by atoms with Crippen molar-refractivity contribution >= 4 is 50.7 Å². The van der Waals surface area contributed by atoms with E-state index in [1.165, 1.54) is 30.8 Å². The number of piperidine rings is 1. The van der Waals surface area contributed by atoms with Crippen molar-refractivity contribution in [2.24, 2.45) is 0 Å². The maximum Gasteiger partial charge on any atom is 0.277 e. The van der Waals surface area contributed by atoms with Gasteiger partial charge in [0, 0.05) is 29.7 Å². The van der Waals surface area contributed by atoms with Gasteiger partial charge >= 0.3 is 0 Å². The Hall–Kier alpha value is -2.87. The second-order valence-corrected chi connectivity index (χ2v) is 9.79. The van der Waals surface area contributed by atoms with E-state index in [2.05, 4.69) is 19.9 Å². The summed E-state index contributed by atoms with van der Waals surface area (Å²) in [4.78, 5) is 15.3. The zero-order chi connectivity index (χ0) is 23.5. The molecule has 0 atom stereocenters. The van der Waals surface area contributed by atoms with Crippen LogP contribution in [0.2, 0.25) is 5.02 Å². The number of hydrogen-bond donors (Lipinski definition) is 2. The van der Waals surface area contributed by atoms with Crippen LogP contribution in [0.3, 0.4) is 0 Å². The Balaban J connectivity index is 1.23. The van der Waals surface area contributed by atoms with E-state index in [9.17, 15) is 4.79 Å². The monoisotopic (exact) mass is 494 g/mol. The molecule has 0 saturated carbocycles. The number of para-hydroxylation sites is 1. The van der Waals surface area contributed by atoms with Gasteiger partial charge in [-0.2, -0.15) is 4.37 Å². The summed E-state index contributed by atoms with van der Waals surface area (Å²) >= 11 is 7.70. The summed E-state index contributed by atoms with van der Waals surface area (Å²) in [6.07, 6.45) is 3.86. The summed E-state index contributed by atoms with van der Waals surface area (Å²) in [6, 6.07) is 15.7. The molecule has 6 nitrogen and oxygen atoms in total. The zero-order valence-electron chi connectivity index (χ0n) is 19.1. The van der Waals surface area contributed by atoms with Crippen molar-refractivity contribution in [3.63, 3.8) is 0 Å². The molecule has 0 aliphatic carbocycles. The first-order valence-electron chi connectivity index (χ1n) is 11.6.